The Labute approximate surface area is 116 Å². The van der Waals surface area contributed by atoms with Gasteiger partial charge in [0.25, 0.3) is 0 Å². The summed E-state index contributed by atoms with van der Waals surface area (Å²) in [5.74, 6) is 0. The first-order chi connectivity index (χ1) is 8.84. The molecule has 0 aromatic heterocycles. The molecule has 0 aromatic rings. The first-order valence-electron chi connectivity index (χ1n) is 7.18. The standard InChI is InChI=1S/C15H26N2O2/c1-14(2,3)19-13(18)17-9-7-15(8-10-17)6-5-12(11-15)16-4/h5-6,12,16H,7-11H2,1-4H3. The van der Waals surface area contributed by atoms with Crippen LogP contribution in [0.1, 0.15) is 40.0 Å². The highest BCUT2D eigenvalue weighted by Crippen LogP contribution is 2.41. The van der Waals surface area contributed by atoms with Crippen molar-refractivity contribution in [2.45, 2.75) is 51.7 Å². The Morgan fingerprint density at radius 2 is 2.00 bits per heavy atom. The van der Waals surface area contributed by atoms with Crippen molar-refractivity contribution < 1.29 is 9.53 Å². The van der Waals surface area contributed by atoms with Crippen LogP contribution in [-0.4, -0.2) is 42.8 Å². The normalized spacial score (nSPS) is 25.9. The summed E-state index contributed by atoms with van der Waals surface area (Å²) >= 11 is 0. The van der Waals surface area contributed by atoms with E-state index in [0.717, 1.165) is 32.4 Å². The smallest absolute Gasteiger partial charge is 0.410 e. The summed E-state index contributed by atoms with van der Waals surface area (Å²) in [6.45, 7) is 7.33. The van der Waals surface area contributed by atoms with Crippen LogP contribution >= 0.6 is 0 Å². The predicted molar refractivity (Wildman–Crippen MR) is 76.1 cm³/mol. The molecule has 108 valence electrons. The highest BCUT2D eigenvalue weighted by molar-refractivity contribution is 5.68. The lowest BCUT2D eigenvalue weighted by Gasteiger charge is -2.39. The minimum atomic E-state index is -0.406. The zero-order chi connectivity index (χ0) is 14.1. The molecular formula is C15H26N2O2. The molecule has 1 aliphatic carbocycles. The topological polar surface area (TPSA) is 41.6 Å². The average Bonchev–Trinajstić information content (AvgIpc) is 2.71. The molecule has 4 heteroatoms. The van der Waals surface area contributed by atoms with Gasteiger partial charge in [-0.25, -0.2) is 4.79 Å². The van der Waals surface area contributed by atoms with Crippen LogP contribution in [0.3, 0.4) is 0 Å². The maximum atomic E-state index is 12.0. The molecule has 0 radical (unpaired) electrons. The summed E-state index contributed by atoms with van der Waals surface area (Å²) < 4.78 is 5.43. The molecule has 2 aliphatic rings. The third-order valence-corrected chi connectivity index (χ3v) is 4.09. The first-order valence-corrected chi connectivity index (χ1v) is 7.18. The van der Waals surface area contributed by atoms with Gasteiger partial charge in [0.2, 0.25) is 0 Å². The molecule has 1 heterocycles. The molecule has 19 heavy (non-hydrogen) atoms. The van der Waals surface area contributed by atoms with E-state index in [1.165, 1.54) is 0 Å². The molecule has 1 fully saturated rings. The second-order valence-electron chi connectivity index (χ2n) is 6.79. The van der Waals surface area contributed by atoms with E-state index >= 15 is 0 Å². The highest BCUT2D eigenvalue weighted by atomic mass is 16.6. The van der Waals surface area contributed by atoms with Crippen LogP contribution in [0, 0.1) is 5.41 Å². The Kier molecular flexibility index (Phi) is 3.90. The van der Waals surface area contributed by atoms with Crippen LogP contribution in [0.4, 0.5) is 4.79 Å². The largest absolute Gasteiger partial charge is 0.444 e. The predicted octanol–water partition coefficient (Wildman–Crippen LogP) is 2.55. The molecule has 1 atom stereocenters. The SMILES string of the molecule is CNC1C=CC2(CCN(C(=O)OC(C)(C)C)CC2)C1. The molecule has 0 aromatic carbocycles. The fourth-order valence-corrected chi connectivity index (χ4v) is 2.92. The lowest BCUT2D eigenvalue weighted by molar-refractivity contribution is 0.0140. The van der Waals surface area contributed by atoms with Gasteiger partial charge in [-0.3, -0.25) is 0 Å². The Balaban J connectivity index is 1.86. The Bertz CT molecular complexity index is 363. The number of nitrogens with zero attached hydrogens (tertiary/aromatic N) is 1. The van der Waals surface area contributed by atoms with Crippen molar-refractivity contribution >= 4 is 6.09 Å². The lowest BCUT2D eigenvalue weighted by atomic mass is 9.77. The summed E-state index contributed by atoms with van der Waals surface area (Å²) in [4.78, 5) is 13.9. The zero-order valence-corrected chi connectivity index (χ0v) is 12.5. The number of likely N-dealkylation sites (tertiary alicyclic amines) is 1. The maximum Gasteiger partial charge on any atom is 0.410 e. The van der Waals surface area contributed by atoms with Gasteiger partial charge in [0.15, 0.2) is 0 Å². The molecule has 0 saturated carbocycles. The second-order valence-corrected chi connectivity index (χ2v) is 6.79. The third kappa shape index (κ3) is 3.50. The first kappa shape index (κ1) is 14.4. The lowest BCUT2D eigenvalue weighted by Crippen LogP contribution is -2.45. The van der Waals surface area contributed by atoms with E-state index in [1.807, 2.05) is 32.7 Å². The Hall–Kier alpha value is -1.03. The average molecular weight is 266 g/mol. The highest BCUT2D eigenvalue weighted by Gasteiger charge is 2.38. The van der Waals surface area contributed by atoms with Crippen molar-refractivity contribution in [2.75, 3.05) is 20.1 Å². The molecule has 1 amide bonds. The second kappa shape index (κ2) is 5.16. The summed E-state index contributed by atoms with van der Waals surface area (Å²) in [6.07, 6.45) is 7.69. The summed E-state index contributed by atoms with van der Waals surface area (Å²) in [7, 11) is 2.00. The van der Waals surface area contributed by atoms with Crippen LogP contribution in [0.5, 0.6) is 0 Å². The number of ether oxygens (including phenoxy) is 1. The van der Waals surface area contributed by atoms with Crippen molar-refractivity contribution in [1.29, 1.82) is 0 Å². The van der Waals surface area contributed by atoms with Crippen molar-refractivity contribution in [3.05, 3.63) is 12.2 Å². The maximum absolute atomic E-state index is 12.0. The van der Waals surface area contributed by atoms with Gasteiger partial charge in [-0.15, -0.1) is 0 Å². The van der Waals surface area contributed by atoms with E-state index in [-0.39, 0.29) is 6.09 Å². The number of nitrogens with one attached hydrogen (secondary N) is 1. The van der Waals surface area contributed by atoms with E-state index in [4.69, 9.17) is 4.74 Å². The van der Waals surface area contributed by atoms with Crippen LogP contribution in [0.25, 0.3) is 0 Å². The van der Waals surface area contributed by atoms with Gasteiger partial charge in [-0.1, -0.05) is 12.2 Å². The fraction of sp³-hybridized carbons (Fsp3) is 0.800. The monoisotopic (exact) mass is 266 g/mol. The van der Waals surface area contributed by atoms with Crippen molar-refractivity contribution in [3.63, 3.8) is 0 Å². The van der Waals surface area contributed by atoms with Gasteiger partial charge >= 0.3 is 6.09 Å². The third-order valence-electron chi connectivity index (χ3n) is 4.09. The quantitative estimate of drug-likeness (QED) is 0.742. The summed E-state index contributed by atoms with van der Waals surface area (Å²) in [6, 6.07) is 0.494. The van der Waals surface area contributed by atoms with Crippen molar-refractivity contribution in [1.82, 2.24) is 10.2 Å². The van der Waals surface area contributed by atoms with Crippen LogP contribution < -0.4 is 5.32 Å². The number of piperidine rings is 1. The molecule has 1 N–H and O–H groups in total. The number of allylic oxidation sites excluding steroid dienone is 1. The van der Waals surface area contributed by atoms with Gasteiger partial charge < -0.3 is 15.0 Å². The van der Waals surface area contributed by atoms with Gasteiger partial charge in [-0.05, 0) is 52.5 Å². The summed E-state index contributed by atoms with van der Waals surface area (Å²) in [5, 5.41) is 3.31. The molecule has 1 unspecified atom stereocenters. The minimum absolute atomic E-state index is 0.172. The van der Waals surface area contributed by atoms with Gasteiger partial charge in [0, 0.05) is 19.1 Å². The number of amides is 1. The summed E-state index contributed by atoms with van der Waals surface area (Å²) in [5.41, 5.74) is -0.108. The number of carbonyl (C=O) groups is 1. The van der Waals surface area contributed by atoms with Crippen LogP contribution in [-0.2, 0) is 4.74 Å². The van der Waals surface area contributed by atoms with Crippen molar-refractivity contribution in [2.24, 2.45) is 5.41 Å². The number of hydrogen-bond donors (Lipinski definition) is 1. The number of rotatable bonds is 1. The Morgan fingerprint density at radius 1 is 1.37 bits per heavy atom. The van der Waals surface area contributed by atoms with Gasteiger partial charge in [-0.2, -0.15) is 0 Å². The number of likely N-dealkylation sites (N-methyl/N-ethyl adjacent to an activating group) is 1. The number of hydrogen-bond acceptors (Lipinski definition) is 3. The minimum Gasteiger partial charge on any atom is -0.444 e. The van der Waals surface area contributed by atoms with E-state index in [2.05, 4.69) is 17.5 Å². The van der Waals surface area contributed by atoms with Gasteiger partial charge in [0.05, 0.1) is 0 Å². The Morgan fingerprint density at radius 3 is 2.47 bits per heavy atom. The van der Waals surface area contributed by atoms with E-state index < -0.39 is 5.60 Å². The molecule has 1 spiro atoms. The van der Waals surface area contributed by atoms with Crippen LogP contribution in [0.15, 0.2) is 12.2 Å². The van der Waals surface area contributed by atoms with E-state index in [1.54, 1.807) is 0 Å². The van der Waals surface area contributed by atoms with Crippen molar-refractivity contribution in [3.8, 4) is 0 Å². The molecule has 0 bridgehead atoms. The molecule has 1 saturated heterocycles. The van der Waals surface area contributed by atoms with E-state index in [0.29, 0.717) is 11.5 Å². The fourth-order valence-electron chi connectivity index (χ4n) is 2.92. The van der Waals surface area contributed by atoms with Gasteiger partial charge in [0.1, 0.15) is 5.60 Å². The molecule has 4 nitrogen and oxygen atoms in total. The van der Waals surface area contributed by atoms with Crippen LogP contribution in [0.2, 0.25) is 0 Å². The van der Waals surface area contributed by atoms with E-state index in [9.17, 15) is 4.79 Å². The number of carbonyl (C=O) groups excluding carboxylic acids is 1. The molecule has 2 rings (SSSR count). The zero-order valence-electron chi connectivity index (χ0n) is 12.5. The molecular weight excluding hydrogens is 240 g/mol. The molecule has 1 aliphatic heterocycles.